The van der Waals surface area contributed by atoms with Crippen molar-refractivity contribution >= 4 is 5.97 Å². The Morgan fingerprint density at radius 2 is 2.06 bits per heavy atom. The van der Waals surface area contributed by atoms with E-state index >= 15 is 0 Å². The smallest absolute Gasteiger partial charge is 0.333 e. The molecule has 1 rings (SSSR count). The van der Waals surface area contributed by atoms with Crippen molar-refractivity contribution in [3.8, 4) is 0 Å². The Morgan fingerprint density at radius 1 is 1.47 bits per heavy atom. The van der Waals surface area contributed by atoms with Crippen LogP contribution in [-0.4, -0.2) is 24.3 Å². The maximum absolute atomic E-state index is 13.2. The quantitative estimate of drug-likeness (QED) is 0.879. The van der Waals surface area contributed by atoms with Gasteiger partial charge in [-0.25, -0.2) is 9.18 Å². The summed E-state index contributed by atoms with van der Waals surface area (Å²) in [6.07, 6.45) is -0.965. The number of benzene rings is 1. The minimum Gasteiger partial charge on any atom is -0.479 e. The van der Waals surface area contributed by atoms with Crippen LogP contribution in [0.2, 0.25) is 0 Å². The molecule has 1 aromatic carbocycles. The highest BCUT2D eigenvalue weighted by Crippen LogP contribution is 2.30. The van der Waals surface area contributed by atoms with Gasteiger partial charge in [0.05, 0.1) is 0 Å². The lowest BCUT2D eigenvalue weighted by Gasteiger charge is -2.31. The average Bonchev–Trinajstić information content (AvgIpc) is 2.21. The second-order valence-electron chi connectivity index (χ2n) is 4.64. The molecule has 0 saturated heterocycles. The van der Waals surface area contributed by atoms with Gasteiger partial charge in [0, 0.05) is 12.5 Å². The molecule has 0 spiro atoms. The van der Waals surface area contributed by atoms with E-state index in [0.29, 0.717) is 5.56 Å². The van der Waals surface area contributed by atoms with Crippen LogP contribution in [0.5, 0.6) is 0 Å². The molecule has 17 heavy (non-hydrogen) atoms. The number of methoxy groups -OCH3 is 1. The molecular weight excluding hydrogens is 223 g/mol. The number of carboxylic acids is 1. The lowest BCUT2D eigenvalue weighted by molar-refractivity contribution is -0.152. The summed E-state index contributed by atoms with van der Waals surface area (Å²) in [7, 11) is 1.36. The van der Waals surface area contributed by atoms with Crippen LogP contribution in [0.4, 0.5) is 4.39 Å². The Balaban J connectivity index is 3.19. The van der Waals surface area contributed by atoms with Gasteiger partial charge in [0.2, 0.25) is 0 Å². The molecule has 0 aliphatic rings. The fraction of sp³-hybridized carbons (Fsp3) is 0.462. The molecule has 1 N–H and O–H groups in total. The zero-order chi connectivity index (χ0) is 13.2. The second kappa shape index (κ2) is 4.84. The molecule has 3 nitrogen and oxygen atoms in total. The van der Waals surface area contributed by atoms with Gasteiger partial charge in [-0.1, -0.05) is 26.0 Å². The van der Waals surface area contributed by atoms with Gasteiger partial charge in [-0.3, -0.25) is 0 Å². The maximum Gasteiger partial charge on any atom is 0.333 e. The van der Waals surface area contributed by atoms with E-state index in [2.05, 4.69) is 0 Å². The van der Waals surface area contributed by atoms with Crippen molar-refractivity contribution in [2.24, 2.45) is 0 Å². The van der Waals surface area contributed by atoms with Gasteiger partial charge in [-0.05, 0) is 24.1 Å². The van der Waals surface area contributed by atoms with E-state index in [-0.39, 0.29) is 5.82 Å². The van der Waals surface area contributed by atoms with Crippen LogP contribution in [0.25, 0.3) is 0 Å². The minimum atomic E-state index is -1.03. The summed E-state index contributed by atoms with van der Waals surface area (Å²) in [5, 5.41) is 9.10. The monoisotopic (exact) mass is 240 g/mol. The standard InChI is InChI=1S/C13H17FO3/c1-8-7-9(5-6-10(8)14)13(2,3)11(17-4)12(15)16/h5-7,11H,1-4H3,(H,15,16). The SMILES string of the molecule is COC(C(=O)O)C(C)(C)c1ccc(F)c(C)c1. The van der Waals surface area contributed by atoms with Gasteiger partial charge in [-0.2, -0.15) is 0 Å². The number of aliphatic carboxylic acids is 1. The summed E-state index contributed by atoms with van der Waals surface area (Å²) in [6, 6.07) is 4.60. The predicted molar refractivity (Wildman–Crippen MR) is 62.6 cm³/mol. The van der Waals surface area contributed by atoms with Gasteiger partial charge >= 0.3 is 5.97 Å². The molecule has 0 amide bonds. The molecule has 0 heterocycles. The van der Waals surface area contributed by atoms with Crippen LogP contribution in [0.3, 0.4) is 0 Å². The first-order chi connectivity index (χ1) is 7.80. The van der Waals surface area contributed by atoms with Crippen LogP contribution in [-0.2, 0) is 14.9 Å². The lowest BCUT2D eigenvalue weighted by Crippen LogP contribution is -2.41. The largest absolute Gasteiger partial charge is 0.479 e. The van der Waals surface area contributed by atoms with E-state index in [9.17, 15) is 9.18 Å². The molecule has 1 unspecified atom stereocenters. The van der Waals surface area contributed by atoms with E-state index < -0.39 is 17.5 Å². The van der Waals surface area contributed by atoms with Gasteiger partial charge in [0.15, 0.2) is 6.10 Å². The Bertz CT molecular complexity index is 427. The third-order valence-corrected chi connectivity index (χ3v) is 3.02. The second-order valence-corrected chi connectivity index (χ2v) is 4.64. The van der Waals surface area contributed by atoms with Crippen molar-refractivity contribution in [2.45, 2.75) is 32.3 Å². The number of carbonyl (C=O) groups is 1. The summed E-state index contributed by atoms with van der Waals surface area (Å²) >= 11 is 0. The Labute approximate surface area is 100 Å². The van der Waals surface area contributed by atoms with E-state index in [4.69, 9.17) is 9.84 Å². The lowest BCUT2D eigenvalue weighted by atomic mass is 9.78. The van der Waals surface area contributed by atoms with Gasteiger partial charge in [-0.15, -0.1) is 0 Å². The number of hydrogen-bond donors (Lipinski definition) is 1. The Kier molecular flexibility index (Phi) is 3.88. The van der Waals surface area contributed by atoms with E-state index in [1.54, 1.807) is 32.9 Å². The minimum absolute atomic E-state index is 0.297. The molecule has 94 valence electrons. The van der Waals surface area contributed by atoms with E-state index in [1.807, 2.05) is 0 Å². The van der Waals surface area contributed by atoms with E-state index in [0.717, 1.165) is 5.56 Å². The first-order valence-electron chi connectivity index (χ1n) is 5.33. The van der Waals surface area contributed by atoms with E-state index in [1.165, 1.54) is 13.2 Å². The number of hydrogen-bond acceptors (Lipinski definition) is 2. The molecule has 0 aliphatic carbocycles. The van der Waals surface area contributed by atoms with Crippen LogP contribution < -0.4 is 0 Å². The molecule has 0 bridgehead atoms. The average molecular weight is 240 g/mol. The summed E-state index contributed by atoms with van der Waals surface area (Å²) in [4.78, 5) is 11.1. The van der Waals surface area contributed by atoms with Crippen molar-refractivity contribution in [1.82, 2.24) is 0 Å². The maximum atomic E-state index is 13.2. The molecule has 0 radical (unpaired) electrons. The molecule has 1 aromatic rings. The zero-order valence-electron chi connectivity index (χ0n) is 10.5. The Hall–Kier alpha value is -1.42. The zero-order valence-corrected chi connectivity index (χ0v) is 10.5. The van der Waals surface area contributed by atoms with Crippen LogP contribution in [0.1, 0.15) is 25.0 Å². The van der Waals surface area contributed by atoms with Crippen LogP contribution >= 0.6 is 0 Å². The molecule has 0 aliphatic heterocycles. The van der Waals surface area contributed by atoms with Crippen molar-refractivity contribution in [3.63, 3.8) is 0 Å². The number of aryl methyl sites for hydroxylation is 1. The number of halogens is 1. The topological polar surface area (TPSA) is 46.5 Å². The van der Waals surface area contributed by atoms with Crippen molar-refractivity contribution < 1.29 is 19.0 Å². The molecule has 0 aromatic heterocycles. The fourth-order valence-corrected chi connectivity index (χ4v) is 1.90. The number of ether oxygens (including phenoxy) is 1. The Morgan fingerprint density at radius 3 is 2.47 bits per heavy atom. The normalized spacial score (nSPS) is 13.5. The molecule has 1 atom stereocenters. The summed E-state index contributed by atoms with van der Waals surface area (Å²) < 4.78 is 18.2. The van der Waals surface area contributed by atoms with Gasteiger partial charge in [0.25, 0.3) is 0 Å². The number of rotatable bonds is 4. The predicted octanol–water partition coefficient (Wildman–Crippen LogP) is 2.51. The highest BCUT2D eigenvalue weighted by molar-refractivity contribution is 5.74. The van der Waals surface area contributed by atoms with Crippen LogP contribution in [0, 0.1) is 12.7 Å². The number of carboxylic acid groups (broad SMARTS) is 1. The van der Waals surface area contributed by atoms with Crippen LogP contribution in [0.15, 0.2) is 18.2 Å². The van der Waals surface area contributed by atoms with Gasteiger partial charge in [0.1, 0.15) is 5.82 Å². The van der Waals surface area contributed by atoms with Crippen molar-refractivity contribution in [2.75, 3.05) is 7.11 Å². The fourth-order valence-electron chi connectivity index (χ4n) is 1.90. The van der Waals surface area contributed by atoms with Crippen molar-refractivity contribution in [1.29, 1.82) is 0 Å². The van der Waals surface area contributed by atoms with Crippen molar-refractivity contribution in [3.05, 3.63) is 35.1 Å². The third kappa shape index (κ3) is 2.64. The molecular formula is C13H17FO3. The highest BCUT2D eigenvalue weighted by Gasteiger charge is 2.37. The molecule has 0 fully saturated rings. The summed E-state index contributed by atoms with van der Waals surface area (Å²) in [5.41, 5.74) is 0.514. The third-order valence-electron chi connectivity index (χ3n) is 3.02. The summed E-state index contributed by atoms with van der Waals surface area (Å²) in [5.74, 6) is -1.33. The summed E-state index contributed by atoms with van der Waals surface area (Å²) in [6.45, 7) is 5.18. The first-order valence-corrected chi connectivity index (χ1v) is 5.33. The van der Waals surface area contributed by atoms with Gasteiger partial charge < -0.3 is 9.84 Å². The molecule has 4 heteroatoms. The first kappa shape index (κ1) is 13.6. The molecule has 0 saturated carbocycles. The highest BCUT2D eigenvalue weighted by atomic mass is 19.1.